The lowest BCUT2D eigenvalue weighted by Crippen LogP contribution is -2.57. The number of aromatic amines is 1. The van der Waals surface area contributed by atoms with Crippen LogP contribution >= 0.6 is 0 Å². The first-order chi connectivity index (χ1) is 13.5. The van der Waals surface area contributed by atoms with Gasteiger partial charge in [0.25, 0.3) is 0 Å². The SMILES string of the molecule is CC1CCN(C(=O)N2CCCC2C(=O)O)CC1N(C)c1ncnc2[nH]ccc12. The molecule has 9 heteroatoms. The minimum atomic E-state index is -0.916. The summed E-state index contributed by atoms with van der Waals surface area (Å²) < 4.78 is 0. The number of carbonyl (C=O) groups excluding carboxylic acids is 1. The number of amides is 2. The molecule has 2 aliphatic heterocycles. The maximum absolute atomic E-state index is 13.0. The number of aliphatic carboxylic acids is 1. The van der Waals surface area contributed by atoms with E-state index < -0.39 is 12.0 Å². The van der Waals surface area contributed by atoms with E-state index >= 15 is 0 Å². The van der Waals surface area contributed by atoms with Gasteiger partial charge < -0.3 is 24.8 Å². The molecule has 28 heavy (non-hydrogen) atoms. The summed E-state index contributed by atoms with van der Waals surface area (Å²) in [6.07, 6.45) is 5.52. The first-order valence-electron chi connectivity index (χ1n) is 9.76. The Morgan fingerprint density at radius 2 is 2.11 bits per heavy atom. The number of anilines is 1. The van der Waals surface area contributed by atoms with Crippen LogP contribution < -0.4 is 4.90 Å². The van der Waals surface area contributed by atoms with E-state index in [1.165, 1.54) is 4.90 Å². The molecule has 2 fully saturated rings. The van der Waals surface area contributed by atoms with E-state index in [0.29, 0.717) is 32.0 Å². The number of urea groups is 1. The second-order valence-corrected chi connectivity index (χ2v) is 7.80. The summed E-state index contributed by atoms with van der Waals surface area (Å²) in [5.74, 6) is 0.301. The zero-order valence-corrected chi connectivity index (χ0v) is 16.2. The number of likely N-dealkylation sites (N-methyl/N-ethyl adjacent to an activating group) is 1. The maximum atomic E-state index is 13.0. The Labute approximate surface area is 163 Å². The largest absolute Gasteiger partial charge is 0.480 e. The lowest BCUT2D eigenvalue weighted by Gasteiger charge is -2.43. The molecule has 150 valence electrons. The Bertz CT molecular complexity index is 883. The quantitative estimate of drug-likeness (QED) is 0.833. The number of piperidine rings is 1. The summed E-state index contributed by atoms with van der Waals surface area (Å²) in [5.41, 5.74) is 0.787. The van der Waals surface area contributed by atoms with Crippen LogP contribution in [-0.4, -0.2) is 80.6 Å². The number of likely N-dealkylation sites (tertiary alicyclic amines) is 2. The van der Waals surface area contributed by atoms with Crippen molar-refractivity contribution in [2.24, 2.45) is 5.92 Å². The van der Waals surface area contributed by atoms with Crippen molar-refractivity contribution in [3.63, 3.8) is 0 Å². The molecule has 4 heterocycles. The summed E-state index contributed by atoms with van der Waals surface area (Å²) in [6, 6.07) is 1.19. The molecule has 4 rings (SSSR count). The third-order valence-electron chi connectivity index (χ3n) is 6.14. The van der Waals surface area contributed by atoms with Gasteiger partial charge in [-0.15, -0.1) is 0 Å². The Kier molecular flexibility index (Phi) is 4.82. The molecule has 0 aromatic carbocycles. The molecule has 3 atom stereocenters. The van der Waals surface area contributed by atoms with Crippen LogP contribution in [0.4, 0.5) is 10.6 Å². The van der Waals surface area contributed by atoms with Crippen LogP contribution in [0.5, 0.6) is 0 Å². The van der Waals surface area contributed by atoms with Crippen molar-refractivity contribution < 1.29 is 14.7 Å². The number of hydrogen-bond acceptors (Lipinski definition) is 5. The normalized spacial score (nSPS) is 25.3. The van der Waals surface area contributed by atoms with E-state index in [9.17, 15) is 14.7 Å². The first kappa shape index (κ1) is 18.5. The van der Waals surface area contributed by atoms with E-state index in [1.807, 2.05) is 19.3 Å². The lowest BCUT2D eigenvalue weighted by atomic mass is 9.92. The van der Waals surface area contributed by atoms with Gasteiger partial charge in [0.2, 0.25) is 0 Å². The molecule has 2 saturated heterocycles. The predicted molar refractivity (Wildman–Crippen MR) is 104 cm³/mol. The summed E-state index contributed by atoms with van der Waals surface area (Å²) in [6.45, 7) is 3.90. The molecule has 2 aliphatic rings. The second kappa shape index (κ2) is 7.29. The number of aromatic nitrogens is 3. The number of nitrogens with one attached hydrogen (secondary N) is 1. The maximum Gasteiger partial charge on any atom is 0.326 e. The van der Waals surface area contributed by atoms with Gasteiger partial charge in [-0.2, -0.15) is 0 Å². The fourth-order valence-corrected chi connectivity index (χ4v) is 4.46. The zero-order valence-electron chi connectivity index (χ0n) is 16.2. The van der Waals surface area contributed by atoms with Crippen molar-refractivity contribution in [2.45, 2.75) is 38.3 Å². The number of fused-ring (bicyclic) bond motifs is 1. The zero-order chi connectivity index (χ0) is 19.8. The predicted octanol–water partition coefficient (Wildman–Crippen LogP) is 1.77. The molecule has 0 bridgehead atoms. The molecule has 2 aromatic heterocycles. The highest BCUT2D eigenvalue weighted by molar-refractivity contribution is 5.87. The topological polar surface area (TPSA) is 106 Å². The molecule has 0 aliphatic carbocycles. The highest BCUT2D eigenvalue weighted by atomic mass is 16.4. The van der Waals surface area contributed by atoms with Gasteiger partial charge in [-0.05, 0) is 31.2 Å². The van der Waals surface area contributed by atoms with Gasteiger partial charge in [0.05, 0.1) is 11.4 Å². The summed E-state index contributed by atoms with van der Waals surface area (Å²) in [7, 11) is 2.00. The molecule has 0 saturated carbocycles. The number of carboxylic acids is 1. The van der Waals surface area contributed by atoms with E-state index in [-0.39, 0.29) is 12.1 Å². The van der Waals surface area contributed by atoms with Gasteiger partial charge in [0.15, 0.2) is 0 Å². The molecule has 0 radical (unpaired) electrons. The highest BCUT2D eigenvalue weighted by Gasteiger charge is 2.39. The van der Waals surface area contributed by atoms with Crippen molar-refractivity contribution in [3.05, 3.63) is 18.6 Å². The average molecular weight is 386 g/mol. The van der Waals surface area contributed by atoms with Gasteiger partial charge in [-0.25, -0.2) is 19.6 Å². The van der Waals surface area contributed by atoms with Crippen molar-refractivity contribution in [1.82, 2.24) is 24.8 Å². The molecule has 2 aromatic rings. The molecular weight excluding hydrogens is 360 g/mol. The van der Waals surface area contributed by atoms with Crippen molar-refractivity contribution in [2.75, 3.05) is 31.6 Å². The van der Waals surface area contributed by atoms with Crippen LogP contribution in [0.25, 0.3) is 11.0 Å². The number of rotatable bonds is 3. The Balaban J connectivity index is 1.54. The van der Waals surface area contributed by atoms with E-state index in [0.717, 1.165) is 29.7 Å². The number of hydrogen-bond donors (Lipinski definition) is 2. The first-order valence-corrected chi connectivity index (χ1v) is 9.76. The van der Waals surface area contributed by atoms with E-state index in [4.69, 9.17) is 0 Å². The van der Waals surface area contributed by atoms with E-state index in [2.05, 4.69) is 26.8 Å². The Morgan fingerprint density at radius 1 is 1.29 bits per heavy atom. The lowest BCUT2D eigenvalue weighted by molar-refractivity contribution is -0.141. The van der Waals surface area contributed by atoms with Crippen LogP contribution in [0.3, 0.4) is 0 Å². The monoisotopic (exact) mass is 386 g/mol. The van der Waals surface area contributed by atoms with Crippen LogP contribution in [0.2, 0.25) is 0 Å². The van der Waals surface area contributed by atoms with Gasteiger partial charge in [0, 0.05) is 32.9 Å². The molecule has 9 nitrogen and oxygen atoms in total. The van der Waals surface area contributed by atoms with Gasteiger partial charge in [-0.3, -0.25) is 0 Å². The van der Waals surface area contributed by atoms with Crippen LogP contribution in [0, 0.1) is 5.92 Å². The van der Waals surface area contributed by atoms with Crippen LogP contribution in [0.15, 0.2) is 18.6 Å². The molecular formula is C19H26N6O3. The summed E-state index contributed by atoms with van der Waals surface area (Å²) in [4.78, 5) is 41.8. The molecule has 2 amide bonds. The minimum Gasteiger partial charge on any atom is -0.480 e. The number of H-pyrrole nitrogens is 1. The number of nitrogens with zero attached hydrogens (tertiary/aromatic N) is 5. The van der Waals surface area contributed by atoms with Crippen LogP contribution in [0.1, 0.15) is 26.2 Å². The minimum absolute atomic E-state index is 0.0941. The number of carboxylic acid groups (broad SMARTS) is 1. The van der Waals surface area contributed by atoms with Crippen LogP contribution in [-0.2, 0) is 4.79 Å². The standard InChI is InChI=1S/C19H26N6O3/c1-12-6-9-24(19(28)25-8-3-4-14(25)18(26)27)10-15(12)23(2)17-13-5-7-20-16(13)21-11-22-17/h5,7,11-12,14-15H,3-4,6,8-10H2,1-2H3,(H,26,27)(H,20,21,22). The molecule has 2 N–H and O–H groups in total. The van der Waals surface area contributed by atoms with Gasteiger partial charge >= 0.3 is 12.0 Å². The van der Waals surface area contributed by atoms with Crippen molar-refractivity contribution in [3.8, 4) is 0 Å². The Hall–Kier alpha value is -2.84. The second-order valence-electron chi connectivity index (χ2n) is 7.80. The smallest absolute Gasteiger partial charge is 0.326 e. The third-order valence-corrected chi connectivity index (χ3v) is 6.14. The summed E-state index contributed by atoms with van der Waals surface area (Å²) in [5, 5.41) is 10.4. The highest BCUT2D eigenvalue weighted by Crippen LogP contribution is 2.30. The van der Waals surface area contributed by atoms with Gasteiger partial charge in [-0.1, -0.05) is 6.92 Å². The average Bonchev–Trinajstić information content (AvgIpc) is 3.36. The number of carbonyl (C=O) groups is 2. The summed E-state index contributed by atoms with van der Waals surface area (Å²) >= 11 is 0. The van der Waals surface area contributed by atoms with E-state index in [1.54, 1.807) is 11.2 Å². The fourth-order valence-electron chi connectivity index (χ4n) is 4.46. The third kappa shape index (κ3) is 3.14. The van der Waals surface area contributed by atoms with Crippen molar-refractivity contribution in [1.29, 1.82) is 0 Å². The van der Waals surface area contributed by atoms with Gasteiger partial charge in [0.1, 0.15) is 23.8 Å². The fraction of sp³-hybridized carbons (Fsp3) is 0.579. The molecule has 0 spiro atoms. The molecule has 3 unspecified atom stereocenters. The Morgan fingerprint density at radius 3 is 2.89 bits per heavy atom. The van der Waals surface area contributed by atoms with Crippen molar-refractivity contribution >= 4 is 28.9 Å².